The summed E-state index contributed by atoms with van der Waals surface area (Å²) in [4.78, 5) is 2.56. The molecule has 0 N–H and O–H groups in total. The Bertz CT molecular complexity index is 1410. The lowest BCUT2D eigenvalue weighted by Gasteiger charge is -2.45. The zero-order valence-electron chi connectivity index (χ0n) is 24.8. The van der Waals surface area contributed by atoms with Crippen molar-refractivity contribution in [1.29, 1.82) is 0 Å². The van der Waals surface area contributed by atoms with Crippen LogP contribution in [0.1, 0.15) is 72.9 Å². The van der Waals surface area contributed by atoms with Gasteiger partial charge in [-0.05, 0) is 67.9 Å². The first-order valence-corrected chi connectivity index (χ1v) is 14.5. The number of fused-ring (bicyclic) bond motifs is 6. The number of benzene rings is 2. The maximum Gasteiger partial charge on any atom is 0.494 e. The number of hydrogen-bond donors (Lipinski definition) is 0. The molecule has 2 aromatic carbocycles. The third-order valence-corrected chi connectivity index (χ3v) is 10.0. The highest BCUT2D eigenvalue weighted by molar-refractivity contribution is 6.55. The molecule has 4 heteroatoms. The Labute approximate surface area is 235 Å². The average molecular weight is 520 g/mol. The molecule has 0 spiro atoms. The third kappa shape index (κ3) is 4.19. The highest BCUT2D eigenvalue weighted by atomic mass is 16.7. The van der Waals surface area contributed by atoms with E-state index in [0.717, 1.165) is 18.4 Å². The molecule has 3 aliphatic heterocycles. The van der Waals surface area contributed by atoms with Crippen LogP contribution in [-0.2, 0) is 20.1 Å². The molecule has 1 aliphatic carbocycles. The summed E-state index contributed by atoms with van der Waals surface area (Å²) in [7, 11) is -0.401. The van der Waals surface area contributed by atoms with Crippen LogP contribution < -0.4 is 4.90 Å². The molecule has 1 fully saturated rings. The fraction of sp³-hybridized carbons (Fsp3) is 0.429. The molecular weight excluding hydrogens is 477 g/mol. The zero-order valence-corrected chi connectivity index (χ0v) is 24.8. The van der Waals surface area contributed by atoms with Gasteiger partial charge in [0.1, 0.15) is 0 Å². The second-order valence-corrected chi connectivity index (χ2v) is 13.6. The van der Waals surface area contributed by atoms with Crippen LogP contribution >= 0.6 is 0 Å². The topological polar surface area (TPSA) is 21.7 Å². The molecule has 2 bridgehead atoms. The van der Waals surface area contributed by atoms with Crippen molar-refractivity contribution >= 4 is 12.8 Å². The van der Waals surface area contributed by atoms with Gasteiger partial charge in [0.25, 0.3) is 0 Å². The van der Waals surface area contributed by atoms with Gasteiger partial charge in [-0.2, -0.15) is 0 Å². The van der Waals surface area contributed by atoms with E-state index in [1.54, 1.807) is 0 Å². The van der Waals surface area contributed by atoms with Crippen LogP contribution in [0.2, 0.25) is 0 Å². The Hall–Kier alpha value is -2.82. The van der Waals surface area contributed by atoms with E-state index < -0.39 is 7.12 Å². The summed E-state index contributed by atoms with van der Waals surface area (Å²) in [6.07, 6.45) is 10.8. The average Bonchev–Trinajstić information content (AvgIpc) is 3.14. The summed E-state index contributed by atoms with van der Waals surface area (Å²) >= 11 is 0. The molecule has 39 heavy (non-hydrogen) atoms. The Morgan fingerprint density at radius 3 is 2.18 bits per heavy atom. The number of para-hydroxylation sites is 1. The molecule has 2 unspecified atom stereocenters. The molecule has 6 rings (SSSR count). The zero-order chi connectivity index (χ0) is 27.8. The third-order valence-electron chi connectivity index (χ3n) is 10.0. The lowest BCUT2D eigenvalue weighted by Crippen LogP contribution is -2.41. The van der Waals surface area contributed by atoms with Gasteiger partial charge in [-0.3, -0.25) is 0 Å². The first-order valence-electron chi connectivity index (χ1n) is 14.5. The number of rotatable bonds is 2. The molecule has 3 nitrogen and oxygen atoms in total. The van der Waals surface area contributed by atoms with Crippen molar-refractivity contribution in [2.45, 2.75) is 83.8 Å². The molecular formula is C35H42BNO2. The Morgan fingerprint density at radius 1 is 0.846 bits per heavy atom. The van der Waals surface area contributed by atoms with Gasteiger partial charge in [0.2, 0.25) is 0 Å². The SMILES string of the molecule is CC1/C=C(B2OC(C)(C)C(C)(C)O2)\C=C2/CN(C3=CCC(C)(c4ccccc4)C=C31)c1ccccc1C2(C)C. The first kappa shape index (κ1) is 26.4. The van der Waals surface area contributed by atoms with Gasteiger partial charge < -0.3 is 14.2 Å². The van der Waals surface area contributed by atoms with Crippen molar-refractivity contribution in [2.24, 2.45) is 5.92 Å². The van der Waals surface area contributed by atoms with E-state index in [1.807, 2.05) is 0 Å². The Morgan fingerprint density at radius 2 is 1.49 bits per heavy atom. The standard InChI is InChI=1S/C35H42BNO2/c1-24-20-27(36-38-33(4,5)34(6,7)39-36)21-26-23-37(31-17-13-12-16-29(31)32(26,2)3)30-18-19-35(8,22-28(24)30)25-14-10-9-11-15-25/h9-18,20-22,24H,19,23H2,1-8H3/b26-21+,27-20+. The molecule has 3 heterocycles. The maximum atomic E-state index is 6.63. The van der Waals surface area contributed by atoms with Crippen LogP contribution in [0.25, 0.3) is 0 Å². The van der Waals surface area contributed by atoms with E-state index >= 15 is 0 Å². The smallest absolute Gasteiger partial charge is 0.399 e. The van der Waals surface area contributed by atoms with Crippen molar-refractivity contribution in [2.75, 3.05) is 11.4 Å². The number of allylic oxidation sites excluding steroid dienone is 6. The lowest BCUT2D eigenvalue weighted by molar-refractivity contribution is 0.00578. The molecule has 2 atom stereocenters. The molecule has 4 aliphatic rings. The monoisotopic (exact) mass is 519 g/mol. The number of hydrogen-bond acceptors (Lipinski definition) is 3. The van der Waals surface area contributed by atoms with Crippen LogP contribution in [0, 0.1) is 5.92 Å². The predicted octanol–water partition coefficient (Wildman–Crippen LogP) is 8.09. The second kappa shape index (κ2) is 8.84. The van der Waals surface area contributed by atoms with Crippen molar-refractivity contribution in [3.05, 3.63) is 112 Å². The second-order valence-electron chi connectivity index (χ2n) is 13.6. The molecule has 202 valence electrons. The molecule has 0 aromatic heterocycles. The van der Waals surface area contributed by atoms with Crippen LogP contribution in [0.5, 0.6) is 0 Å². The van der Waals surface area contributed by atoms with Gasteiger partial charge in [0, 0.05) is 34.7 Å². The summed E-state index contributed by atoms with van der Waals surface area (Å²) in [6.45, 7) is 18.8. The van der Waals surface area contributed by atoms with Crippen LogP contribution in [-0.4, -0.2) is 24.9 Å². The molecule has 0 radical (unpaired) electrons. The van der Waals surface area contributed by atoms with Crippen LogP contribution in [0.4, 0.5) is 5.69 Å². The molecule has 0 amide bonds. The quantitative estimate of drug-likeness (QED) is 0.374. The summed E-state index contributed by atoms with van der Waals surface area (Å²) in [5.74, 6) is 0.181. The fourth-order valence-corrected chi connectivity index (χ4v) is 6.61. The molecule has 0 saturated carbocycles. The van der Waals surface area contributed by atoms with Crippen molar-refractivity contribution in [3.63, 3.8) is 0 Å². The highest BCUT2D eigenvalue weighted by Gasteiger charge is 2.52. The summed E-state index contributed by atoms with van der Waals surface area (Å²) < 4.78 is 13.3. The first-order chi connectivity index (χ1) is 18.3. The summed E-state index contributed by atoms with van der Waals surface area (Å²) in [5, 5.41) is 0. The van der Waals surface area contributed by atoms with E-state index in [2.05, 4.69) is 139 Å². The van der Waals surface area contributed by atoms with E-state index in [4.69, 9.17) is 9.31 Å². The van der Waals surface area contributed by atoms with E-state index in [-0.39, 0.29) is 27.9 Å². The minimum atomic E-state index is -0.401. The minimum absolute atomic E-state index is 0.0639. The van der Waals surface area contributed by atoms with Gasteiger partial charge in [-0.1, -0.05) is 101 Å². The number of nitrogens with zero attached hydrogens (tertiary/aromatic N) is 1. The van der Waals surface area contributed by atoms with Crippen molar-refractivity contribution in [3.8, 4) is 0 Å². The van der Waals surface area contributed by atoms with E-state index in [0.29, 0.717) is 0 Å². The summed E-state index contributed by atoms with van der Waals surface area (Å²) in [5.41, 5.74) is 8.28. The van der Waals surface area contributed by atoms with Crippen molar-refractivity contribution < 1.29 is 9.31 Å². The van der Waals surface area contributed by atoms with Crippen LogP contribution in [0.15, 0.2) is 101 Å². The maximum absolute atomic E-state index is 6.63. The van der Waals surface area contributed by atoms with Crippen molar-refractivity contribution in [1.82, 2.24) is 0 Å². The Kier molecular flexibility index (Phi) is 5.99. The number of anilines is 1. The molecule has 1 saturated heterocycles. The fourth-order valence-electron chi connectivity index (χ4n) is 6.61. The highest BCUT2D eigenvalue weighted by Crippen LogP contribution is 2.50. The van der Waals surface area contributed by atoms with Gasteiger partial charge in [-0.15, -0.1) is 0 Å². The summed E-state index contributed by atoms with van der Waals surface area (Å²) in [6, 6.07) is 19.9. The predicted molar refractivity (Wildman–Crippen MR) is 163 cm³/mol. The van der Waals surface area contributed by atoms with Gasteiger partial charge in [0.05, 0.1) is 11.2 Å². The van der Waals surface area contributed by atoms with E-state index in [1.165, 1.54) is 33.7 Å². The Balaban J connectivity index is 1.55. The van der Waals surface area contributed by atoms with Gasteiger partial charge in [-0.25, -0.2) is 0 Å². The van der Waals surface area contributed by atoms with Crippen LogP contribution in [0.3, 0.4) is 0 Å². The largest absolute Gasteiger partial charge is 0.494 e. The minimum Gasteiger partial charge on any atom is -0.399 e. The molecule has 2 aromatic rings. The lowest BCUT2D eigenvalue weighted by atomic mass is 9.69. The normalized spacial score (nSPS) is 31.2. The van der Waals surface area contributed by atoms with Gasteiger partial charge >= 0.3 is 7.12 Å². The van der Waals surface area contributed by atoms with Gasteiger partial charge in [0.15, 0.2) is 0 Å². The van der Waals surface area contributed by atoms with E-state index in [9.17, 15) is 0 Å².